The summed E-state index contributed by atoms with van der Waals surface area (Å²) in [5, 5.41) is 3.95. The van der Waals surface area contributed by atoms with E-state index in [0.29, 0.717) is 5.56 Å². The Morgan fingerprint density at radius 1 is 1.25 bits per heavy atom. The summed E-state index contributed by atoms with van der Waals surface area (Å²) in [5.74, 6) is -0.474. The number of nitrogens with one attached hydrogen (secondary N) is 1. The van der Waals surface area contributed by atoms with E-state index in [1.807, 2.05) is 24.3 Å². The van der Waals surface area contributed by atoms with Gasteiger partial charge in [-0.15, -0.1) is 0 Å². The Morgan fingerprint density at radius 2 is 2.00 bits per heavy atom. The lowest BCUT2D eigenvalue weighted by atomic mass is 10.1. The van der Waals surface area contributed by atoms with Crippen LogP contribution in [0.4, 0.5) is 5.69 Å². The number of halogens is 1. The van der Waals surface area contributed by atoms with E-state index in [4.69, 9.17) is 17.3 Å². The van der Waals surface area contributed by atoms with E-state index in [0.717, 1.165) is 30.1 Å². The average molecular weight is 290 g/mol. The summed E-state index contributed by atoms with van der Waals surface area (Å²) in [6.07, 6.45) is 5.00. The lowest BCUT2D eigenvalue weighted by Gasteiger charge is -2.09. The fourth-order valence-electron chi connectivity index (χ4n) is 1.91. The molecule has 0 aliphatic heterocycles. The number of benzene rings is 1. The van der Waals surface area contributed by atoms with Crippen molar-refractivity contribution in [1.82, 2.24) is 4.98 Å². The molecule has 0 fully saturated rings. The van der Waals surface area contributed by atoms with Gasteiger partial charge >= 0.3 is 0 Å². The normalized spacial score (nSPS) is 10.2. The minimum Gasteiger partial charge on any atom is -0.384 e. The topological polar surface area (TPSA) is 68.0 Å². The number of hydrogen-bond donors (Lipinski definition) is 2. The number of nitrogens with zero attached hydrogens (tertiary/aromatic N) is 1. The average Bonchev–Trinajstić information content (AvgIpc) is 2.46. The maximum Gasteiger partial charge on any atom is 0.252 e. The molecule has 1 heterocycles. The number of carbonyl (C=O) groups excluding carboxylic acids is 1. The molecular formula is C15H16ClN3O. The molecular weight excluding hydrogens is 274 g/mol. The van der Waals surface area contributed by atoms with Gasteiger partial charge in [0.2, 0.25) is 0 Å². The van der Waals surface area contributed by atoms with Crippen molar-refractivity contribution >= 4 is 23.2 Å². The molecule has 3 N–H and O–H groups in total. The summed E-state index contributed by atoms with van der Waals surface area (Å²) in [5.41, 5.74) is 7.67. The Hall–Kier alpha value is -2.07. The second-order valence-electron chi connectivity index (χ2n) is 4.44. The van der Waals surface area contributed by atoms with Gasteiger partial charge in [0.25, 0.3) is 5.91 Å². The van der Waals surface area contributed by atoms with Gasteiger partial charge in [-0.2, -0.15) is 0 Å². The number of aromatic nitrogens is 1. The van der Waals surface area contributed by atoms with E-state index >= 15 is 0 Å². The van der Waals surface area contributed by atoms with Crippen molar-refractivity contribution in [2.45, 2.75) is 12.8 Å². The number of amides is 1. The predicted molar refractivity (Wildman–Crippen MR) is 81.0 cm³/mol. The fourth-order valence-corrected chi connectivity index (χ4v) is 2.04. The Morgan fingerprint density at radius 3 is 2.70 bits per heavy atom. The number of hydrogen-bond acceptors (Lipinski definition) is 3. The molecule has 0 aliphatic carbocycles. The van der Waals surface area contributed by atoms with Crippen LogP contribution in [0.3, 0.4) is 0 Å². The third-order valence-corrected chi connectivity index (χ3v) is 3.21. The van der Waals surface area contributed by atoms with Crippen LogP contribution in [0.2, 0.25) is 5.02 Å². The highest BCUT2D eigenvalue weighted by atomic mass is 35.5. The van der Waals surface area contributed by atoms with Gasteiger partial charge in [-0.25, -0.2) is 0 Å². The number of primary amides is 1. The smallest absolute Gasteiger partial charge is 0.252 e. The van der Waals surface area contributed by atoms with Gasteiger partial charge in [-0.3, -0.25) is 9.78 Å². The molecule has 0 spiro atoms. The van der Waals surface area contributed by atoms with Gasteiger partial charge in [0.05, 0.1) is 11.3 Å². The molecule has 1 amide bonds. The number of rotatable bonds is 6. The van der Waals surface area contributed by atoms with Crippen molar-refractivity contribution in [3.05, 3.63) is 58.9 Å². The molecule has 5 heteroatoms. The van der Waals surface area contributed by atoms with Crippen molar-refractivity contribution in [3.8, 4) is 0 Å². The Kier molecular flexibility index (Phi) is 4.96. The van der Waals surface area contributed by atoms with Gasteiger partial charge in [0.15, 0.2) is 0 Å². The fraction of sp³-hybridized carbons (Fsp3) is 0.200. The lowest BCUT2D eigenvalue weighted by Crippen LogP contribution is -2.15. The van der Waals surface area contributed by atoms with Crippen LogP contribution in [-0.4, -0.2) is 17.4 Å². The first kappa shape index (κ1) is 14.3. The highest BCUT2D eigenvalue weighted by molar-refractivity contribution is 6.30. The number of carbonyl (C=O) groups is 1. The monoisotopic (exact) mass is 289 g/mol. The maximum atomic E-state index is 11.2. The van der Waals surface area contributed by atoms with Crippen LogP contribution >= 0.6 is 11.6 Å². The standard InChI is InChI=1S/C15H16ClN3O/c16-12-5-3-11(4-6-12)2-1-8-19-14-7-9-18-10-13(14)15(17)20/h3-7,9-10H,1-2,8H2,(H2,17,20)(H,18,19). The first-order chi connectivity index (χ1) is 9.66. The molecule has 0 aliphatic rings. The van der Waals surface area contributed by atoms with Crippen molar-refractivity contribution in [3.63, 3.8) is 0 Å². The summed E-state index contributed by atoms with van der Waals surface area (Å²) in [4.78, 5) is 15.1. The van der Waals surface area contributed by atoms with Gasteiger partial charge in [-0.05, 0) is 36.6 Å². The van der Waals surface area contributed by atoms with Gasteiger partial charge in [0.1, 0.15) is 0 Å². The number of nitrogens with two attached hydrogens (primary N) is 1. The SMILES string of the molecule is NC(=O)c1cnccc1NCCCc1ccc(Cl)cc1. The minimum atomic E-state index is -0.474. The predicted octanol–water partition coefficient (Wildman–Crippen LogP) is 2.88. The maximum absolute atomic E-state index is 11.2. The summed E-state index contributed by atoms with van der Waals surface area (Å²) >= 11 is 5.84. The summed E-state index contributed by atoms with van der Waals surface area (Å²) in [7, 11) is 0. The quantitative estimate of drug-likeness (QED) is 0.804. The van der Waals surface area contributed by atoms with Crippen LogP contribution in [0.25, 0.3) is 0 Å². The summed E-state index contributed by atoms with van der Waals surface area (Å²) in [6, 6.07) is 9.56. The third-order valence-electron chi connectivity index (χ3n) is 2.96. The number of anilines is 1. The van der Waals surface area contributed by atoms with Crippen LogP contribution in [0.5, 0.6) is 0 Å². The van der Waals surface area contributed by atoms with Gasteiger partial charge in [-0.1, -0.05) is 23.7 Å². The van der Waals surface area contributed by atoms with Crippen molar-refractivity contribution in [2.24, 2.45) is 5.73 Å². The van der Waals surface area contributed by atoms with E-state index < -0.39 is 5.91 Å². The second kappa shape index (κ2) is 6.91. The van der Waals surface area contributed by atoms with E-state index in [1.165, 1.54) is 11.8 Å². The third kappa shape index (κ3) is 3.96. The zero-order valence-electron chi connectivity index (χ0n) is 11.0. The van der Waals surface area contributed by atoms with E-state index in [-0.39, 0.29) is 0 Å². The lowest BCUT2D eigenvalue weighted by molar-refractivity contribution is 0.100. The van der Waals surface area contributed by atoms with Crippen molar-refractivity contribution in [2.75, 3.05) is 11.9 Å². The molecule has 20 heavy (non-hydrogen) atoms. The van der Waals surface area contributed by atoms with E-state index in [2.05, 4.69) is 10.3 Å². The van der Waals surface area contributed by atoms with E-state index in [9.17, 15) is 4.79 Å². The van der Waals surface area contributed by atoms with Crippen LogP contribution in [0.1, 0.15) is 22.3 Å². The molecule has 2 aromatic rings. The van der Waals surface area contributed by atoms with Crippen LogP contribution in [0.15, 0.2) is 42.7 Å². The van der Waals surface area contributed by atoms with Crippen LogP contribution < -0.4 is 11.1 Å². The first-order valence-electron chi connectivity index (χ1n) is 6.39. The molecule has 2 rings (SSSR count). The van der Waals surface area contributed by atoms with Crippen LogP contribution in [0, 0.1) is 0 Å². The van der Waals surface area contributed by atoms with Crippen molar-refractivity contribution < 1.29 is 4.79 Å². The van der Waals surface area contributed by atoms with Crippen molar-refractivity contribution in [1.29, 1.82) is 0 Å². The number of aryl methyl sites for hydroxylation is 1. The molecule has 1 aromatic heterocycles. The largest absolute Gasteiger partial charge is 0.384 e. The number of pyridine rings is 1. The Balaban J connectivity index is 1.84. The molecule has 1 aromatic carbocycles. The van der Waals surface area contributed by atoms with Gasteiger partial charge < -0.3 is 11.1 Å². The highest BCUT2D eigenvalue weighted by Crippen LogP contribution is 2.14. The highest BCUT2D eigenvalue weighted by Gasteiger charge is 2.06. The van der Waals surface area contributed by atoms with Gasteiger partial charge in [0, 0.05) is 24.0 Å². The first-order valence-corrected chi connectivity index (χ1v) is 6.77. The second-order valence-corrected chi connectivity index (χ2v) is 4.88. The molecule has 0 atom stereocenters. The molecule has 0 unspecified atom stereocenters. The molecule has 0 saturated carbocycles. The molecule has 104 valence electrons. The minimum absolute atomic E-state index is 0.416. The molecule has 4 nitrogen and oxygen atoms in total. The Labute approximate surface area is 123 Å². The zero-order valence-corrected chi connectivity index (χ0v) is 11.7. The summed E-state index contributed by atoms with van der Waals surface area (Å²) in [6.45, 7) is 0.757. The van der Waals surface area contributed by atoms with E-state index in [1.54, 1.807) is 12.3 Å². The zero-order chi connectivity index (χ0) is 14.4. The summed E-state index contributed by atoms with van der Waals surface area (Å²) < 4.78 is 0. The molecule has 0 bridgehead atoms. The molecule has 0 saturated heterocycles. The Bertz CT molecular complexity index is 584. The van der Waals surface area contributed by atoms with Crippen LogP contribution in [-0.2, 0) is 6.42 Å². The molecule has 0 radical (unpaired) electrons.